The molecule has 3 nitrogen and oxygen atoms in total. The predicted molar refractivity (Wildman–Crippen MR) is 82.6 cm³/mol. The Morgan fingerprint density at radius 1 is 1.23 bits per heavy atom. The summed E-state index contributed by atoms with van der Waals surface area (Å²) >= 11 is 0. The number of ether oxygens (including phenoxy) is 1. The number of carbonyl (C=O) groups is 1. The molecule has 0 fully saturated rings. The summed E-state index contributed by atoms with van der Waals surface area (Å²) < 4.78 is 17.6. The molecule has 1 N–H and O–H groups in total. The fourth-order valence-electron chi connectivity index (χ4n) is 2.02. The van der Waals surface area contributed by atoms with E-state index in [1.807, 2.05) is 12.1 Å². The van der Waals surface area contributed by atoms with Gasteiger partial charge in [0.15, 0.2) is 0 Å². The van der Waals surface area contributed by atoms with Gasteiger partial charge in [0.2, 0.25) is 0 Å². The van der Waals surface area contributed by atoms with E-state index in [1.165, 1.54) is 19.2 Å². The molecule has 0 aliphatic carbocycles. The van der Waals surface area contributed by atoms with E-state index >= 15 is 0 Å². The van der Waals surface area contributed by atoms with Crippen molar-refractivity contribution in [1.82, 2.24) is 5.32 Å². The van der Waals surface area contributed by atoms with Crippen molar-refractivity contribution >= 4 is 5.97 Å². The zero-order chi connectivity index (χ0) is 15.9. The summed E-state index contributed by atoms with van der Waals surface area (Å²) in [7, 11) is 1.35. The average Bonchev–Trinajstić information content (AvgIpc) is 2.56. The summed E-state index contributed by atoms with van der Waals surface area (Å²) in [5.41, 5.74) is 2.31. The van der Waals surface area contributed by atoms with Gasteiger partial charge in [-0.1, -0.05) is 30.2 Å². The lowest BCUT2D eigenvalue weighted by Gasteiger charge is -2.13. The second kappa shape index (κ2) is 7.39. The van der Waals surface area contributed by atoms with E-state index in [-0.39, 0.29) is 17.8 Å². The van der Waals surface area contributed by atoms with Crippen molar-refractivity contribution in [2.45, 2.75) is 12.6 Å². The molecule has 0 aliphatic rings. The summed E-state index contributed by atoms with van der Waals surface area (Å²) in [6.45, 7) is 0.535. The van der Waals surface area contributed by atoms with Gasteiger partial charge < -0.3 is 4.74 Å². The molecule has 2 rings (SSSR count). The molecule has 0 aliphatic heterocycles. The topological polar surface area (TPSA) is 38.3 Å². The van der Waals surface area contributed by atoms with Crippen molar-refractivity contribution in [2.75, 3.05) is 7.11 Å². The molecule has 0 amide bonds. The number of esters is 1. The van der Waals surface area contributed by atoms with Crippen LogP contribution in [-0.2, 0) is 11.3 Å². The van der Waals surface area contributed by atoms with Crippen molar-refractivity contribution in [1.29, 1.82) is 0 Å². The molecule has 0 saturated carbocycles. The first kappa shape index (κ1) is 15.7. The van der Waals surface area contributed by atoms with Gasteiger partial charge in [-0.3, -0.25) is 5.32 Å². The predicted octanol–water partition coefficient (Wildman–Crippen LogP) is 3.08. The fraction of sp³-hybridized carbons (Fsp3) is 0.167. The van der Waals surface area contributed by atoms with Crippen molar-refractivity contribution in [3.63, 3.8) is 0 Å². The van der Waals surface area contributed by atoms with Gasteiger partial charge in [0.1, 0.15) is 5.82 Å². The fourth-order valence-corrected chi connectivity index (χ4v) is 2.02. The Morgan fingerprint density at radius 3 is 2.41 bits per heavy atom. The van der Waals surface area contributed by atoms with Crippen LogP contribution in [0.15, 0.2) is 48.5 Å². The van der Waals surface area contributed by atoms with Crippen molar-refractivity contribution in [3.05, 3.63) is 71.0 Å². The third kappa shape index (κ3) is 3.94. The average molecular weight is 297 g/mol. The molecule has 0 radical (unpaired) electrons. The van der Waals surface area contributed by atoms with Gasteiger partial charge in [-0.05, 0) is 35.4 Å². The Labute approximate surface area is 129 Å². The minimum absolute atomic E-state index is 0.294. The summed E-state index contributed by atoms with van der Waals surface area (Å²) in [5, 5.41) is 3.21. The second-order valence-electron chi connectivity index (χ2n) is 4.72. The Kier molecular flexibility index (Phi) is 5.29. The van der Waals surface area contributed by atoms with E-state index < -0.39 is 0 Å². The van der Waals surface area contributed by atoms with Crippen molar-refractivity contribution in [3.8, 4) is 12.3 Å². The summed E-state index contributed by atoms with van der Waals surface area (Å²) in [4.78, 5) is 11.4. The molecule has 0 heterocycles. The van der Waals surface area contributed by atoms with Crippen LogP contribution in [-0.4, -0.2) is 13.1 Å². The number of benzene rings is 2. The molecule has 22 heavy (non-hydrogen) atoms. The van der Waals surface area contributed by atoms with Crippen LogP contribution in [0.2, 0.25) is 0 Å². The summed E-state index contributed by atoms with van der Waals surface area (Å²) in [5.74, 6) is 1.98. The molecule has 0 aromatic heterocycles. The number of halogens is 1. The number of methoxy groups -OCH3 is 1. The third-order valence-corrected chi connectivity index (χ3v) is 3.26. The Hall–Kier alpha value is -2.64. The van der Waals surface area contributed by atoms with Gasteiger partial charge >= 0.3 is 5.97 Å². The maximum absolute atomic E-state index is 12.9. The molecule has 4 heteroatoms. The molecule has 0 saturated heterocycles. The highest BCUT2D eigenvalue weighted by atomic mass is 19.1. The largest absolute Gasteiger partial charge is 0.465 e. The standard InChI is InChI=1S/C18H16FNO2/c1-3-17(14-8-10-16(19)11-9-14)20-12-13-4-6-15(7-5-13)18(21)22-2/h1,4-11,17,20H,12H2,2H3/t17-/m1/s1. The van der Waals surface area contributed by atoms with Crippen molar-refractivity contribution in [2.24, 2.45) is 0 Å². The van der Waals surface area contributed by atoms with Gasteiger partial charge in [0, 0.05) is 6.54 Å². The molecular weight excluding hydrogens is 281 g/mol. The number of rotatable bonds is 5. The van der Waals surface area contributed by atoms with Crippen LogP contribution in [0.1, 0.15) is 27.5 Å². The molecule has 0 bridgehead atoms. The Morgan fingerprint density at radius 2 is 1.86 bits per heavy atom. The quantitative estimate of drug-likeness (QED) is 0.681. The SMILES string of the molecule is C#C[C@@H](NCc1ccc(C(=O)OC)cc1)c1ccc(F)cc1. The van der Waals surface area contributed by atoms with E-state index in [0.717, 1.165) is 11.1 Å². The molecule has 0 spiro atoms. The first-order valence-corrected chi connectivity index (χ1v) is 6.76. The van der Waals surface area contributed by atoms with Gasteiger partial charge in [0.05, 0.1) is 18.7 Å². The minimum Gasteiger partial charge on any atom is -0.465 e. The monoisotopic (exact) mass is 297 g/mol. The number of terminal acetylenes is 1. The van der Waals surface area contributed by atoms with Crippen LogP contribution in [0.4, 0.5) is 4.39 Å². The molecular formula is C18H16FNO2. The number of hydrogen-bond donors (Lipinski definition) is 1. The first-order chi connectivity index (χ1) is 10.6. The van der Waals surface area contributed by atoms with E-state index in [4.69, 9.17) is 6.42 Å². The summed E-state index contributed by atoms with van der Waals surface area (Å²) in [6, 6.07) is 12.8. The zero-order valence-electron chi connectivity index (χ0n) is 12.2. The number of carbonyl (C=O) groups excluding carboxylic acids is 1. The highest BCUT2D eigenvalue weighted by Crippen LogP contribution is 2.14. The lowest BCUT2D eigenvalue weighted by Crippen LogP contribution is -2.19. The second-order valence-corrected chi connectivity index (χ2v) is 4.72. The molecule has 1 atom stereocenters. The smallest absolute Gasteiger partial charge is 0.337 e. The zero-order valence-corrected chi connectivity index (χ0v) is 12.2. The van der Waals surface area contributed by atoms with Gasteiger partial charge in [-0.15, -0.1) is 6.42 Å². The van der Waals surface area contributed by atoms with Crippen LogP contribution in [0, 0.1) is 18.2 Å². The van der Waals surface area contributed by atoms with Crippen LogP contribution in [0.5, 0.6) is 0 Å². The first-order valence-electron chi connectivity index (χ1n) is 6.76. The maximum atomic E-state index is 12.9. The van der Waals surface area contributed by atoms with E-state index in [0.29, 0.717) is 12.1 Å². The lowest BCUT2D eigenvalue weighted by atomic mass is 10.1. The number of nitrogens with one attached hydrogen (secondary N) is 1. The Bertz CT molecular complexity index is 672. The van der Waals surface area contributed by atoms with Crippen LogP contribution in [0.25, 0.3) is 0 Å². The van der Waals surface area contributed by atoms with Gasteiger partial charge in [0.25, 0.3) is 0 Å². The van der Waals surface area contributed by atoms with Crippen LogP contribution < -0.4 is 5.32 Å². The highest BCUT2D eigenvalue weighted by molar-refractivity contribution is 5.89. The normalized spacial score (nSPS) is 11.5. The number of hydrogen-bond acceptors (Lipinski definition) is 3. The maximum Gasteiger partial charge on any atom is 0.337 e. The lowest BCUT2D eigenvalue weighted by molar-refractivity contribution is 0.0600. The van der Waals surface area contributed by atoms with E-state index in [2.05, 4.69) is 16.0 Å². The summed E-state index contributed by atoms with van der Waals surface area (Å²) in [6.07, 6.45) is 5.52. The Balaban J connectivity index is 2.00. The molecule has 2 aromatic rings. The van der Waals surface area contributed by atoms with E-state index in [9.17, 15) is 9.18 Å². The van der Waals surface area contributed by atoms with Crippen LogP contribution in [0.3, 0.4) is 0 Å². The molecule has 2 aromatic carbocycles. The van der Waals surface area contributed by atoms with Gasteiger partial charge in [-0.2, -0.15) is 0 Å². The molecule has 0 unspecified atom stereocenters. The van der Waals surface area contributed by atoms with Gasteiger partial charge in [-0.25, -0.2) is 9.18 Å². The molecule has 112 valence electrons. The minimum atomic E-state index is -0.368. The highest BCUT2D eigenvalue weighted by Gasteiger charge is 2.08. The van der Waals surface area contributed by atoms with E-state index in [1.54, 1.807) is 24.3 Å². The third-order valence-electron chi connectivity index (χ3n) is 3.26. The van der Waals surface area contributed by atoms with Crippen LogP contribution >= 0.6 is 0 Å². The van der Waals surface area contributed by atoms with Crippen molar-refractivity contribution < 1.29 is 13.9 Å².